The Bertz CT molecular complexity index is 935. The van der Waals surface area contributed by atoms with E-state index in [1.165, 1.54) is 16.4 Å². The van der Waals surface area contributed by atoms with E-state index in [-0.39, 0.29) is 65.6 Å². The molecule has 2 fully saturated rings. The molecule has 3 atom stereocenters. The van der Waals surface area contributed by atoms with Gasteiger partial charge in [-0.2, -0.15) is 4.31 Å². The van der Waals surface area contributed by atoms with Crippen molar-refractivity contribution < 1.29 is 26.4 Å². The lowest BCUT2D eigenvalue weighted by Crippen LogP contribution is -2.48. The summed E-state index contributed by atoms with van der Waals surface area (Å²) < 4.78 is 55.9. The van der Waals surface area contributed by atoms with Crippen LogP contribution >= 0.6 is 0 Å². The van der Waals surface area contributed by atoms with Gasteiger partial charge in [0, 0.05) is 24.7 Å². The highest BCUT2D eigenvalue weighted by Gasteiger charge is 2.32. The molecule has 28 heavy (non-hydrogen) atoms. The van der Waals surface area contributed by atoms with E-state index in [1.807, 2.05) is 13.8 Å². The summed E-state index contributed by atoms with van der Waals surface area (Å²) >= 11 is 0. The van der Waals surface area contributed by atoms with Crippen LogP contribution in [0.15, 0.2) is 29.2 Å². The first-order valence-corrected chi connectivity index (χ1v) is 12.6. The van der Waals surface area contributed by atoms with Gasteiger partial charge in [-0.25, -0.2) is 16.8 Å². The number of hydrogen-bond acceptors (Lipinski definition) is 7. The quantitative estimate of drug-likeness (QED) is 0.652. The van der Waals surface area contributed by atoms with Crippen molar-refractivity contribution >= 4 is 25.6 Å². The minimum absolute atomic E-state index is 0.0299. The largest absolute Gasteiger partial charge is 0.373 e. The molecule has 3 rings (SSSR count). The van der Waals surface area contributed by atoms with Crippen LogP contribution in [-0.2, 0) is 24.6 Å². The third-order valence-corrected chi connectivity index (χ3v) is 8.56. The summed E-state index contributed by atoms with van der Waals surface area (Å²) in [4.78, 5) is 12.6. The summed E-state index contributed by atoms with van der Waals surface area (Å²) in [6.07, 6.45) is 0.0858. The number of benzene rings is 1. The number of hydrogen-bond donors (Lipinski definition) is 1. The molecule has 2 saturated heterocycles. The Labute approximate surface area is 166 Å². The van der Waals surface area contributed by atoms with Crippen LogP contribution in [0.4, 0.5) is 0 Å². The van der Waals surface area contributed by atoms with Crippen LogP contribution in [0.5, 0.6) is 0 Å². The minimum atomic E-state index is -3.73. The third-order valence-electron chi connectivity index (χ3n) is 4.96. The molecule has 10 heteroatoms. The number of sulfone groups is 1. The number of morpholine rings is 1. The number of Topliss-reactive ketones (excluding diaryl/α,β-unsaturated/α-hetero) is 1. The molecule has 2 aliphatic heterocycles. The molecule has 1 aromatic rings. The molecule has 0 saturated carbocycles. The summed E-state index contributed by atoms with van der Waals surface area (Å²) in [5, 5.41) is 2.96. The van der Waals surface area contributed by atoms with Gasteiger partial charge in [0.25, 0.3) is 0 Å². The van der Waals surface area contributed by atoms with Gasteiger partial charge in [0.2, 0.25) is 10.0 Å². The van der Waals surface area contributed by atoms with Crippen molar-refractivity contribution in [1.82, 2.24) is 9.62 Å². The number of nitrogens with one attached hydrogen (secondary N) is 1. The van der Waals surface area contributed by atoms with Crippen LogP contribution in [0.25, 0.3) is 0 Å². The highest BCUT2D eigenvalue weighted by molar-refractivity contribution is 7.91. The molecule has 156 valence electrons. The van der Waals surface area contributed by atoms with Crippen molar-refractivity contribution in [1.29, 1.82) is 0 Å². The van der Waals surface area contributed by atoms with Gasteiger partial charge >= 0.3 is 0 Å². The van der Waals surface area contributed by atoms with E-state index in [9.17, 15) is 21.6 Å². The monoisotopic (exact) mass is 430 g/mol. The number of carbonyl (C=O) groups is 1. The average molecular weight is 431 g/mol. The van der Waals surface area contributed by atoms with Gasteiger partial charge in [0.15, 0.2) is 15.6 Å². The van der Waals surface area contributed by atoms with Crippen LogP contribution in [0.3, 0.4) is 0 Å². The summed E-state index contributed by atoms with van der Waals surface area (Å²) in [6, 6.07) is 5.74. The lowest BCUT2D eigenvalue weighted by Gasteiger charge is -2.34. The van der Waals surface area contributed by atoms with E-state index < -0.39 is 19.9 Å². The van der Waals surface area contributed by atoms with Gasteiger partial charge in [-0.15, -0.1) is 0 Å². The van der Waals surface area contributed by atoms with Crippen molar-refractivity contribution in [3.63, 3.8) is 0 Å². The molecule has 3 unspecified atom stereocenters. The van der Waals surface area contributed by atoms with Crippen LogP contribution < -0.4 is 5.32 Å². The Morgan fingerprint density at radius 1 is 1.25 bits per heavy atom. The van der Waals surface area contributed by atoms with Gasteiger partial charge in [-0.1, -0.05) is 12.1 Å². The van der Waals surface area contributed by atoms with Gasteiger partial charge in [0.1, 0.15) is 0 Å². The molecule has 0 spiro atoms. The van der Waals surface area contributed by atoms with Gasteiger partial charge in [-0.3, -0.25) is 4.79 Å². The van der Waals surface area contributed by atoms with Crippen molar-refractivity contribution in [2.24, 2.45) is 0 Å². The van der Waals surface area contributed by atoms with Crippen LogP contribution in [-0.4, -0.2) is 76.3 Å². The lowest BCUT2D eigenvalue weighted by atomic mass is 10.1. The maximum atomic E-state index is 13.0. The number of ether oxygens (including phenoxy) is 1. The fourth-order valence-corrected chi connectivity index (χ4v) is 6.95. The minimum Gasteiger partial charge on any atom is -0.373 e. The van der Waals surface area contributed by atoms with E-state index in [0.29, 0.717) is 6.42 Å². The smallest absolute Gasteiger partial charge is 0.243 e. The zero-order valence-electron chi connectivity index (χ0n) is 16.0. The SMILES string of the molecule is CC1CN(S(=O)(=O)c2cccc(C(=O)CNC3CCS(=O)(=O)C3)c2)CC(C)O1. The Hall–Kier alpha value is -1.33. The molecule has 0 amide bonds. The average Bonchev–Trinajstić information content (AvgIpc) is 2.98. The topological polar surface area (TPSA) is 110 Å². The zero-order valence-corrected chi connectivity index (χ0v) is 17.6. The molecule has 0 bridgehead atoms. The van der Waals surface area contributed by atoms with E-state index >= 15 is 0 Å². The molecule has 8 nitrogen and oxygen atoms in total. The Morgan fingerprint density at radius 2 is 1.93 bits per heavy atom. The Kier molecular flexibility index (Phi) is 6.26. The normalized spacial score (nSPS) is 28.3. The third kappa shape index (κ3) is 4.98. The van der Waals surface area contributed by atoms with E-state index in [0.717, 1.165) is 0 Å². The van der Waals surface area contributed by atoms with E-state index in [1.54, 1.807) is 12.1 Å². The predicted molar refractivity (Wildman–Crippen MR) is 105 cm³/mol. The molecule has 1 aromatic carbocycles. The highest BCUT2D eigenvalue weighted by Crippen LogP contribution is 2.22. The second-order valence-corrected chi connectivity index (χ2v) is 11.7. The highest BCUT2D eigenvalue weighted by atomic mass is 32.2. The number of ketones is 1. The second-order valence-electron chi connectivity index (χ2n) is 7.51. The standard InChI is InChI=1S/C18H26N2O6S2/c1-13-10-20(11-14(2)26-13)28(24,25)17-5-3-4-15(8-17)18(21)9-19-16-6-7-27(22,23)12-16/h3-5,8,13-14,16,19H,6-7,9-12H2,1-2H3. The van der Waals surface area contributed by atoms with Crippen molar-refractivity contribution in [3.8, 4) is 0 Å². The summed E-state index contributed by atoms with van der Waals surface area (Å²) in [5.74, 6) is -0.115. The maximum Gasteiger partial charge on any atom is 0.243 e. The number of nitrogens with zero attached hydrogens (tertiary/aromatic N) is 1. The molecule has 2 heterocycles. The first kappa shape index (κ1) is 21.4. The maximum absolute atomic E-state index is 13.0. The Balaban J connectivity index is 1.70. The summed E-state index contributed by atoms with van der Waals surface area (Å²) in [5.41, 5.74) is 0.281. The fourth-order valence-electron chi connectivity index (χ4n) is 3.60. The molecule has 0 aromatic heterocycles. The predicted octanol–water partition coefficient (Wildman–Crippen LogP) is 0.444. The first-order chi connectivity index (χ1) is 13.1. The van der Waals surface area contributed by atoms with Gasteiger partial charge < -0.3 is 10.1 Å². The number of carbonyl (C=O) groups excluding carboxylic acids is 1. The van der Waals surface area contributed by atoms with E-state index in [2.05, 4.69) is 5.32 Å². The molecular weight excluding hydrogens is 404 g/mol. The van der Waals surface area contributed by atoms with Crippen LogP contribution in [0.1, 0.15) is 30.6 Å². The zero-order chi connectivity index (χ0) is 20.5. The van der Waals surface area contributed by atoms with E-state index in [4.69, 9.17) is 4.74 Å². The number of sulfonamides is 1. The summed E-state index contributed by atoms with van der Waals surface area (Å²) in [6.45, 7) is 4.15. The van der Waals surface area contributed by atoms with Crippen molar-refractivity contribution in [2.75, 3.05) is 31.1 Å². The number of rotatable bonds is 6. The molecule has 0 radical (unpaired) electrons. The van der Waals surface area contributed by atoms with Crippen molar-refractivity contribution in [2.45, 2.75) is 43.4 Å². The molecule has 0 aliphatic carbocycles. The van der Waals surface area contributed by atoms with Crippen molar-refractivity contribution in [3.05, 3.63) is 29.8 Å². The Morgan fingerprint density at radius 3 is 2.54 bits per heavy atom. The van der Waals surface area contributed by atoms with Crippen LogP contribution in [0.2, 0.25) is 0 Å². The van der Waals surface area contributed by atoms with Gasteiger partial charge in [-0.05, 0) is 32.4 Å². The fraction of sp³-hybridized carbons (Fsp3) is 0.611. The molecule has 1 N–H and O–H groups in total. The molecule has 2 aliphatic rings. The van der Waals surface area contributed by atoms with Crippen LogP contribution in [0, 0.1) is 0 Å². The lowest BCUT2D eigenvalue weighted by molar-refractivity contribution is -0.0440. The van der Waals surface area contributed by atoms with Gasteiger partial charge in [0.05, 0.1) is 35.2 Å². The first-order valence-electron chi connectivity index (χ1n) is 9.29. The molecular formula is C18H26N2O6S2. The summed E-state index contributed by atoms with van der Waals surface area (Å²) in [7, 11) is -6.75. The second kappa shape index (κ2) is 8.19.